The van der Waals surface area contributed by atoms with Gasteiger partial charge in [0.25, 0.3) is 0 Å². The van der Waals surface area contributed by atoms with Gasteiger partial charge < -0.3 is 0 Å². The van der Waals surface area contributed by atoms with Gasteiger partial charge in [0.15, 0.2) is 17.4 Å². The molecule has 0 fully saturated rings. The third-order valence-corrected chi connectivity index (χ3v) is 1.03. The first-order valence-corrected chi connectivity index (χ1v) is 2.69. The molecule has 9 heavy (non-hydrogen) atoms. The number of hydrogen-bond donors (Lipinski definition) is 0. The summed E-state index contributed by atoms with van der Waals surface area (Å²) in [5.41, 5.74) is 2.18. The number of aryl methyl sites for hydroxylation is 2. The van der Waals surface area contributed by atoms with E-state index in [0.717, 1.165) is 11.4 Å². The molecule has 48 valence electrons. The van der Waals surface area contributed by atoms with Crippen LogP contribution in [0.3, 0.4) is 0 Å². The number of nitrogens with zero attached hydrogens (tertiary/aromatic N) is 1. The molecule has 0 atom stereocenters. The maximum Gasteiger partial charge on any atom is 0.187 e. The highest BCUT2D eigenvalue weighted by Crippen LogP contribution is 1.93. The van der Waals surface area contributed by atoms with Crippen molar-refractivity contribution >= 4 is 17.4 Å². The summed E-state index contributed by atoms with van der Waals surface area (Å²) in [7, 11) is 0. The van der Waals surface area contributed by atoms with Gasteiger partial charge in [0.2, 0.25) is 0 Å². The van der Waals surface area contributed by atoms with E-state index in [2.05, 4.69) is 4.98 Å². The Hall–Kier alpha value is -0.318. The predicted octanol–water partition coefficient (Wildman–Crippen LogP) is 0.515. The molecule has 0 aliphatic rings. The van der Waals surface area contributed by atoms with E-state index in [0.29, 0.717) is 0 Å². The van der Waals surface area contributed by atoms with Crippen LogP contribution in [0.4, 0.5) is 0 Å². The van der Waals surface area contributed by atoms with Gasteiger partial charge in [-0.15, -0.1) is 0 Å². The van der Waals surface area contributed by atoms with Crippen molar-refractivity contribution in [2.45, 2.75) is 13.8 Å². The lowest BCUT2D eigenvalue weighted by Crippen LogP contribution is -1.81. The summed E-state index contributed by atoms with van der Waals surface area (Å²) >= 11 is 0. The van der Waals surface area contributed by atoms with Gasteiger partial charge in [-0.05, 0) is 26.0 Å². The van der Waals surface area contributed by atoms with Crippen LogP contribution in [0.15, 0.2) is 18.2 Å². The van der Waals surface area contributed by atoms with E-state index in [1.807, 2.05) is 32.0 Å². The molecule has 1 heterocycles. The Morgan fingerprint density at radius 1 is 1.11 bits per heavy atom. The molecule has 2 heteroatoms. The molecular formula is C7H12AlN. The van der Waals surface area contributed by atoms with Crippen molar-refractivity contribution < 1.29 is 0 Å². The van der Waals surface area contributed by atoms with Gasteiger partial charge >= 0.3 is 0 Å². The zero-order valence-electron chi connectivity index (χ0n) is 5.18. The lowest BCUT2D eigenvalue weighted by Gasteiger charge is -1.90. The van der Waals surface area contributed by atoms with E-state index in [-0.39, 0.29) is 17.4 Å². The van der Waals surface area contributed by atoms with Crippen LogP contribution in [0.1, 0.15) is 11.4 Å². The molecule has 0 radical (unpaired) electrons. The third kappa shape index (κ3) is 2.65. The van der Waals surface area contributed by atoms with Gasteiger partial charge in [0, 0.05) is 11.4 Å². The maximum atomic E-state index is 4.17. The first-order valence-electron chi connectivity index (χ1n) is 2.69. The average molecular weight is 137 g/mol. The van der Waals surface area contributed by atoms with Crippen LogP contribution in [-0.2, 0) is 0 Å². The first-order chi connectivity index (χ1) is 3.79. The second kappa shape index (κ2) is 3.66. The summed E-state index contributed by atoms with van der Waals surface area (Å²) in [5, 5.41) is 0. The molecule has 0 N–H and O–H groups in total. The molecule has 0 bridgehead atoms. The van der Waals surface area contributed by atoms with Gasteiger partial charge in [0.1, 0.15) is 0 Å². The van der Waals surface area contributed by atoms with Gasteiger partial charge in [0.05, 0.1) is 0 Å². The number of rotatable bonds is 0. The first kappa shape index (κ1) is 8.68. The molecule has 0 amide bonds. The average Bonchev–Trinajstić information content (AvgIpc) is 1.64. The van der Waals surface area contributed by atoms with Gasteiger partial charge in [-0.3, -0.25) is 4.98 Å². The zero-order chi connectivity index (χ0) is 5.98. The molecule has 1 nitrogen and oxygen atoms in total. The van der Waals surface area contributed by atoms with Crippen molar-refractivity contribution in [3.05, 3.63) is 29.6 Å². The molecule has 0 aliphatic heterocycles. The summed E-state index contributed by atoms with van der Waals surface area (Å²) in [6, 6.07) is 6.00. The topological polar surface area (TPSA) is 12.9 Å². The quantitative estimate of drug-likeness (QED) is 0.475. The van der Waals surface area contributed by atoms with E-state index in [1.165, 1.54) is 0 Å². The molecule has 0 spiro atoms. The molecular weight excluding hydrogens is 125 g/mol. The minimum atomic E-state index is 0. The second-order valence-electron chi connectivity index (χ2n) is 1.92. The van der Waals surface area contributed by atoms with Crippen molar-refractivity contribution in [1.29, 1.82) is 0 Å². The highest BCUT2D eigenvalue weighted by molar-refractivity contribution is 5.75. The monoisotopic (exact) mass is 137 g/mol. The Morgan fingerprint density at radius 3 is 1.78 bits per heavy atom. The van der Waals surface area contributed by atoms with Crippen molar-refractivity contribution in [3.63, 3.8) is 0 Å². The predicted molar refractivity (Wildman–Crippen MR) is 43.7 cm³/mol. The smallest absolute Gasteiger partial charge is 0.187 e. The highest BCUT2D eigenvalue weighted by atomic mass is 27.0. The van der Waals surface area contributed by atoms with Crippen LogP contribution in [0.25, 0.3) is 0 Å². The molecule has 0 saturated carbocycles. The standard InChI is InChI=1S/C7H9N.Al.3H/c1-6-4-3-5-7(2)8-6;;;;/h3-5H,1-2H3;;;;. The molecule has 0 unspecified atom stereocenters. The summed E-state index contributed by atoms with van der Waals surface area (Å²) in [6.07, 6.45) is 0. The summed E-state index contributed by atoms with van der Waals surface area (Å²) in [5.74, 6) is 0. The number of aromatic nitrogens is 1. The minimum Gasteiger partial charge on any atom is -0.258 e. The van der Waals surface area contributed by atoms with Crippen LogP contribution in [0.5, 0.6) is 0 Å². The Balaban J connectivity index is 0.000000640. The van der Waals surface area contributed by atoms with Crippen LogP contribution >= 0.6 is 0 Å². The van der Waals surface area contributed by atoms with Crippen LogP contribution in [-0.4, -0.2) is 22.3 Å². The normalized spacial score (nSPS) is 8.22. The van der Waals surface area contributed by atoms with E-state index in [4.69, 9.17) is 0 Å². The molecule has 1 aromatic heterocycles. The number of hydrogen-bond acceptors (Lipinski definition) is 1. The van der Waals surface area contributed by atoms with Gasteiger partial charge in [-0.25, -0.2) is 0 Å². The second-order valence-corrected chi connectivity index (χ2v) is 1.92. The van der Waals surface area contributed by atoms with E-state index in [1.54, 1.807) is 0 Å². The van der Waals surface area contributed by atoms with Crippen LogP contribution in [0, 0.1) is 13.8 Å². The molecule has 0 aromatic carbocycles. The third-order valence-electron chi connectivity index (χ3n) is 1.03. The molecule has 0 saturated heterocycles. The Labute approximate surface area is 66.3 Å². The fourth-order valence-corrected chi connectivity index (χ4v) is 0.679. The Kier molecular flexibility index (Phi) is 3.53. The van der Waals surface area contributed by atoms with Crippen LogP contribution < -0.4 is 0 Å². The van der Waals surface area contributed by atoms with Crippen molar-refractivity contribution in [1.82, 2.24) is 4.98 Å². The maximum absolute atomic E-state index is 4.17. The van der Waals surface area contributed by atoms with E-state index < -0.39 is 0 Å². The lowest BCUT2D eigenvalue weighted by molar-refractivity contribution is 1.12. The van der Waals surface area contributed by atoms with Gasteiger partial charge in [-0.1, -0.05) is 6.07 Å². The number of pyridine rings is 1. The van der Waals surface area contributed by atoms with Gasteiger partial charge in [-0.2, -0.15) is 0 Å². The Bertz CT molecular complexity index is 169. The minimum absolute atomic E-state index is 0. The van der Waals surface area contributed by atoms with E-state index in [9.17, 15) is 0 Å². The molecule has 0 aliphatic carbocycles. The van der Waals surface area contributed by atoms with Crippen molar-refractivity contribution in [2.75, 3.05) is 0 Å². The zero-order valence-corrected chi connectivity index (χ0v) is 5.18. The lowest BCUT2D eigenvalue weighted by atomic mass is 10.3. The summed E-state index contributed by atoms with van der Waals surface area (Å²) in [4.78, 5) is 4.17. The molecule has 1 rings (SSSR count). The highest BCUT2D eigenvalue weighted by Gasteiger charge is 1.82. The summed E-state index contributed by atoms with van der Waals surface area (Å²) in [6.45, 7) is 3.99. The van der Waals surface area contributed by atoms with Crippen molar-refractivity contribution in [3.8, 4) is 0 Å². The summed E-state index contributed by atoms with van der Waals surface area (Å²) < 4.78 is 0. The SMILES string of the molecule is Cc1cccc(C)n1.[AlH3]. The van der Waals surface area contributed by atoms with Crippen LogP contribution in [0.2, 0.25) is 0 Å². The van der Waals surface area contributed by atoms with E-state index >= 15 is 0 Å². The fourth-order valence-electron chi connectivity index (χ4n) is 0.679. The largest absolute Gasteiger partial charge is 0.258 e. The fraction of sp³-hybridized carbons (Fsp3) is 0.286. The van der Waals surface area contributed by atoms with Crippen molar-refractivity contribution in [2.24, 2.45) is 0 Å². The molecule has 1 aromatic rings. The Morgan fingerprint density at radius 2 is 1.56 bits per heavy atom.